The first-order chi connectivity index (χ1) is 12.3. The number of hydrogen-bond donors (Lipinski definition) is 1. The molecular weight excluding hydrogens is 320 g/mol. The van der Waals surface area contributed by atoms with E-state index in [1.165, 1.54) is 0 Å². The fourth-order valence-electron chi connectivity index (χ4n) is 2.96. The Bertz CT molecular complexity index is 687. The number of aliphatic imine (C=N–C) groups is 1. The molecule has 3 heterocycles. The third-order valence-corrected chi connectivity index (χ3v) is 4.18. The molecular formula is C17H24N6O2. The van der Waals surface area contributed by atoms with E-state index >= 15 is 0 Å². The van der Waals surface area contributed by atoms with Crippen molar-refractivity contribution < 1.29 is 9.26 Å². The van der Waals surface area contributed by atoms with Gasteiger partial charge in [0.2, 0.25) is 0 Å². The highest BCUT2D eigenvalue weighted by molar-refractivity contribution is 5.80. The number of nitrogens with zero attached hydrogens (tertiary/aromatic N) is 5. The van der Waals surface area contributed by atoms with Crippen LogP contribution in [0.15, 0.2) is 33.9 Å². The zero-order valence-corrected chi connectivity index (χ0v) is 14.7. The molecule has 0 aromatic carbocycles. The van der Waals surface area contributed by atoms with Crippen molar-refractivity contribution in [3.63, 3.8) is 0 Å². The maximum Gasteiger partial charge on any atom is 0.276 e. The molecule has 2 aromatic heterocycles. The lowest BCUT2D eigenvalue weighted by Crippen LogP contribution is -2.41. The minimum Gasteiger partial charge on any atom is -0.384 e. The second-order valence-electron chi connectivity index (χ2n) is 6.01. The number of nitrogens with one attached hydrogen (secondary N) is 1. The van der Waals surface area contributed by atoms with E-state index < -0.39 is 0 Å². The molecule has 0 amide bonds. The third kappa shape index (κ3) is 4.54. The second-order valence-corrected chi connectivity index (χ2v) is 6.01. The Labute approximate surface area is 147 Å². The summed E-state index contributed by atoms with van der Waals surface area (Å²) in [6, 6.07) is 5.59. The van der Waals surface area contributed by atoms with Crippen LogP contribution in [-0.4, -0.2) is 66.4 Å². The normalized spacial score (nSPS) is 17.9. The average Bonchev–Trinajstić information content (AvgIpc) is 3.30. The SMILES string of the molecule is CN=C(NCCc1noc(-c2ccccn2)n1)N1CCC(COC)C1. The van der Waals surface area contributed by atoms with Gasteiger partial charge >= 0.3 is 0 Å². The number of methoxy groups -OCH3 is 1. The Morgan fingerprint density at radius 1 is 1.48 bits per heavy atom. The van der Waals surface area contributed by atoms with E-state index in [0.29, 0.717) is 36.3 Å². The Hall–Kier alpha value is -2.48. The van der Waals surface area contributed by atoms with E-state index in [9.17, 15) is 0 Å². The first-order valence-corrected chi connectivity index (χ1v) is 8.48. The summed E-state index contributed by atoms with van der Waals surface area (Å²) in [5.41, 5.74) is 0.686. The van der Waals surface area contributed by atoms with Crippen molar-refractivity contribution >= 4 is 5.96 Å². The van der Waals surface area contributed by atoms with Crippen LogP contribution in [0.4, 0.5) is 0 Å². The van der Waals surface area contributed by atoms with Crippen LogP contribution in [0, 0.1) is 5.92 Å². The fourth-order valence-corrected chi connectivity index (χ4v) is 2.96. The lowest BCUT2D eigenvalue weighted by molar-refractivity contribution is 0.157. The van der Waals surface area contributed by atoms with Gasteiger partial charge in [0.25, 0.3) is 5.89 Å². The van der Waals surface area contributed by atoms with Crippen molar-refractivity contribution in [1.29, 1.82) is 0 Å². The minimum atomic E-state index is 0.446. The van der Waals surface area contributed by atoms with Crippen LogP contribution in [0.3, 0.4) is 0 Å². The highest BCUT2D eigenvalue weighted by atomic mass is 16.5. The molecule has 1 unspecified atom stereocenters. The molecule has 8 nitrogen and oxygen atoms in total. The van der Waals surface area contributed by atoms with Crippen LogP contribution >= 0.6 is 0 Å². The molecule has 0 bridgehead atoms. The molecule has 0 radical (unpaired) electrons. The van der Waals surface area contributed by atoms with Crippen LogP contribution in [0.1, 0.15) is 12.2 Å². The Kier molecular flexibility index (Phi) is 5.95. The van der Waals surface area contributed by atoms with Gasteiger partial charge in [0.15, 0.2) is 11.8 Å². The van der Waals surface area contributed by atoms with Crippen molar-refractivity contribution in [3.8, 4) is 11.6 Å². The van der Waals surface area contributed by atoms with Crippen LogP contribution in [0.5, 0.6) is 0 Å². The molecule has 1 saturated heterocycles. The summed E-state index contributed by atoms with van der Waals surface area (Å²) in [5, 5.41) is 7.38. The van der Waals surface area contributed by atoms with Crippen molar-refractivity contribution in [3.05, 3.63) is 30.2 Å². The molecule has 2 aromatic rings. The smallest absolute Gasteiger partial charge is 0.276 e. The maximum absolute atomic E-state index is 5.27. The maximum atomic E-state index is 5.27. The zero-order chi connectivity index (χ0) is 17.5. The van der Waals surface area contributed by atoms with E-state index in [0.717, 1.165) is 32.1 Å². The van der Waals surface area contributed by atoms with Crippen molar-refractivity contribution in [2.45, 2.75) is 12.8 Å². The van der Waals surface area contributed by atoms with Gasteiger partial charge in [-0.05, 0) is 18.6 Å². The average molecular weight is 344 g/mol. The molecule has 25 heavy (non-hydrogen) atoms. The number of ether oxygens (including phenoxy) is 1. The van der Waals surface area contributed by atoms with Gasteiger partial charge in [0.1, 0.15) is 5.69 Å². The van der Waals surface area contributed by atoms with E-state index in [1.54, 1.807) is 20.4 Å². The van der Waals surface area contributed by atoms with Crippen molar-refractivity contribution in [2.75, 3.05) is 40.4 Å². The molecule has 3 rings (SSSR count). The summed E-state index contributed by atoms with van der Waals surface area (Å²) in [6.07, 6.45) is 3.50. The summed E-state index contributed by atoms with van der Waals surface area (Å²) in [7, 11) is 3.55. The number of aromatic nitrogens is 3. The summed E-state index contributed by atoms with van der Waals surface area (Å²) < 4.78 is 10.5. The molecule has 1 fully saturated rings. The molecule has 1 aliphatic rings. The molecule has 1 atom stereocenters. The fraction of sp³-hybridized carbons (Fsp3) is 0.529. The summed E-state index contributed by atoms with van der Waals surface area (Å²) in [5.74, 6) is 2.58. The van der Waals surface area contributed by atoms with Crippen LogP contribution in [-0.2, 0) is 11.2 Å². The van der Waals surface area contributed by atoms with Gasteiger partial charge in [0, 0.05) is 52.3 Å². The first kappa shape index (κ1) is 17.3. The third-order valence-electron chi connectivity index (χ3n) is 4.18. The quantitative estimate of drug-likeness (QED) is 0.622. The Balaban J connectivity index is 1.48. The van der Waals surface area contributed by atoms with Gasteiger partial charge in [-0.1, -0.05) is 11.2 Å². The molecule has 8 heteroatoms. The van der Waals surface area contributed by atoms with Gasteiger partial charge in [-0.15, -0.1) is 0 Å². The number of guanidine groups is 1. The van der Waals surface area contributed by atoms with E-state index in [4.69, 9.17) is 9.26 Å². The zero-order valence-electron chi connectivity index (χ0n) is 14.7. The number of hydrogen-bond acceptors (Lipinski definition) is 6. The van der Waals surface area contributed by atoms with Gasteiger partial charge < -0.3 is 19.5 Å². The highest BCUT2D eigenvalue weighted by Gasteiger charge is 2.24. The summed E-state index contributed by atoms with van der Waals surface area (Å²) >= 11 is 0. The van der Waals surface area contributed by atoms with Crippen LogP contribution in [0.25, 0.3) is 11.6 Å². The molecule has 1 aliphatic heterocycles. The van der Waals surface area contributed by atoms with Gasteiger partial charge in [-0.2, -0.15) is 4.98 Å². The second kappa shape index (κ2) is 8.57. The number of rotatable bonds is 6. The monoisotopic (exact) mass is 344 g/mol. The molecule has 1 N–H and O–H groups in total. The molecule has 134 valence electrons. The predicted octanol–water partition coefficient (Wildman–Crippen LogP) is 1.22. The molecule has 0 saturated carbocycles. The highest BCUT2D eigenvalue weighted by Crippen LogP contribution is 2.16. The molecule has 0 spiro atoms. The largest absolute Gasteiger partial charge is 0.384 e. The van der Waals surface area contributed by atoms with Gasteiger partial charge in [-0.3, -0.25) is 9.98 Å². The standard InChI is InChI=1S/C17H24N6O2/c1-18-17(23-10-7-13(11-23)12-24-2)20-9-6-15-21-16(25-22-15)14-5-3-4-8-19-14/h3-5,8,13H,6-7,9-12H2,1-2H3,(H,18,20). The minimum absolute atomic E-state index is 0.446. The van der Waals surface area contributed by atoms with Gasteiger partial charge in [-0.25, -0.2) is 0 Å². The lowest BCUT2D eigenvalue weighted by Gasteiger charge is -2.21. The van der Waals surface area contributed by atoms with E-state index in [2.05, 4.69) is 30.3 Å². The van der Waals surface area contributed by atoms with Gasteiger partial charge in [0.05, 0.1) is 6.61 Å². The van der Waals surface area contributed by atoms with Crippen molar-refractivity contribution in [1.82, 2.24) is 25.3 Å². The van der Waals surface area contributed by atoms with E-state index in [1.807, 2.05) is 18.2 Å². The number of pyridine rings is 1. The Morgan fingerprint density at radius 3 is 3.16 bits per heavy atom. The summed E-state index contributed by atoms with van der Waals surface area (Å²) in [4.78, 5) is 15.2. The lowest BCUT2D eigenvalue weighted by atomic mass is 10.1. The topological polar surface area (TPSA) is 88.7 Å². The van der Waals surface area contributed by atoms with Crippen molar-refractivity contribution in [2.24, 2.45) is 10.9 Å². The van der Waals surface area contributed by atoms with Crippen LogP contribution in [0.2, 0.25) is 0 Å². The predicted molar refractivity (Wildman–Crippen MR) is 94.2 cm³/mol. The van der Waals surface area contributed by atoms with E-state index in [-0.39, 0.29) is 0 Å². The number of likely N-dealkylation sites (tertiary alicyclic amines) is 1. The molecule has 0 aliphatic carbocycles. The summed E-state index contributed by atoms with van der Waals surface area (Å²) in [6.45, 7) is 3.46. The van der Waals surface area contributed by atoms with Crippen LogP contribution < -0.4 is 5.32 Å². The first-order valence-electron chi connectivity index (χ1n) is 8.48. The Morgan fingerprint density at radius 2 is 2.40 bits per heavy atom.